The summed E-state index contributed by atoms with van der Waals surface area (Å²) in [7, 11) is -3.37. The highest BCUT2D eigenvalue weighted by atomic mass is 32.2. The van der Waals surface area contributed by atoms with E-state index in [1.54, 1.807) is 18.4 Å². The number of hydrogen-bond acceptors (Lipinski definition) is 4. The van der Waals surface area contributed by atoms with Gasteiger partial charge in [0.05, 0.1) is 18.6 Å². The van der Waals surface area contributed by atoms with Crippen molar-refractivity contribution in [1.82, 2.24) is 9.62 Å². The van der Waals surface area contributed by atoms with Gasteiger partial charge in [-0.15, -0.1) is 0 Å². The van der Waals surface area contributed by atoms with E-state index in [-0.39, 0.29) is 17.6 Å². The van der Waals surface area contributed by atoms with E-state index in [2.05, 4.69) is 5.32 Å². The van der Waals surface area contributed by atoms with Crippen LogP contribution in [-0.2, 0) is 27.1 Å². The molecular formula is C19H24N2O4S. The molecule has 2 heterocycles. The molecule has 1 N–H and O–H groups in total. The lowest BCUT2D eigenvalue weighted by molar-refractivity contribution is -0.126. The van der Waals surface area contributed by atoms with Crippen LogP contribution in [0.5, 0.6) is 0 Å². The van der Waals surface area contributed by atoms with E-state index in [0.717, 1.165) is 11.1 Å². The number of hydrogen-bond donors (Lipinski definition) is 1. The Labute approximate surface area is 154 Å². The Hall–Kier alpha value is -2.12. The second-order valence-corrected chi connectivity index (χ2v) is 8.62. The molecule has 140 valence electrons. The lowest BCUT2D eigenvalue weighted by Gasteiger charge is -2.30. The topological polar surface area (TPSA) is 79.6 Å². The molecule has 1 amide bonds. The first-order valence-corrected chi connectivity index (χ1v) is 10.4. The minimum absolute atomic E-state index is 0.00896. The molecule has 3 rings (SSSR count). The van der Waals surface area contributed by atoms with Crippen molar-refractivity contribution in [2.45, 2.75) is 32.1 Å². The fourth-order valence-corrected chi connectivity index (χ4v) is 4.85. The minimum Gasteiger partial charge on any atom is -0.467 e. The lowest BCUT2D eigenvalue weighted by Crippen LogP contribution is -2.43. The van der Waals surface area contributed by atoms with Gasteiger partial charge in [-0.05, 0) is 43.0 Å². The van der Waals surface area contributed by atoms with Gasteiger partial charge in [0.1, 0.15) is 5.76 Å². The zero-order chi connectivity index (χ0) is 18.6. The van der Waals surface area contributed by atoms with E-state index >= 15 is 0 Å². The number of rotatable bonds is 6. The number of carbonyl (C=O) groups excluding carboxylic acids is 1. The summed E-state index contributed by atoms with van der Waals surface area (Å²) < 4.78 is 32.1. The quantitative estimate of drug-likeness (QED) is 0.840. The van der Waals surface area contributed by atoms with E-state index in [4.69, 9.17) is 4.42 Å². The van der Waals surface area contributed by atoms with Gasteiger partial charge < -0.3 is 9.73 Å². The van der Waals surface area contributed by atoms with Gasteiger partial charge in [0, 0.05) is 19.0 Å². The first kappa shape index (κ1) is 18.7. The molecule has 0 unspecified atom stereocenters. The Kier molecular flexibility index (Phi) is 5.78. The number of carbonyl (C=O) groups is 1. The summed E-state index contributed by atoms with van der Waals surface area (Å²) in [4.78, 5) is 12.3. The number of sulfonamides is 1. The Bertz CT molecular complexity index is 838. The Balaban J connectivity index is 1.52. The summed E-state index contributed by atoms with van der Waals surface area (Å²) in [6.45, 7) is 3.04. The summed E-state index contributed by atoms with van der Waals surface area (Å²) in [5.74, 6) is 0.512. The fraction of sp³-hybridized carbons (Fsp3) is 0.421. The Morgan fingerprint density at radius 1 is 1.19 bits per heavy atom. The molecule has 7 heteroatoms. The number of piperidine rings is 1. The number of nitrogens with one attached hydrogen (secondary N) is 1. The van der Waals surface area contributed by atoms with E-state index in [1.165, 1.54) is 4.31 Å². The van der Waals surface area contributed by atoms with Crippen LogP contribution in [0.1, 0.15) is 29.7 Å². The maximum atomic E-state index is 12.7. The van der Waals surface area contributed by atoms with Crippen LogP contribution < -0.4 is 5.32 Å². The molecule has 1 saturated heterocycles. The average molecular weight is 376 g/mol. The fourth-order valence-electron chi connectivity index (χ4n) is 3.19. The van der Waals surface area contributed by atoms with Crippen molar-refractivity contribution in [2.24, 2.45) is 5.92 Å². The average Bonchev–Trinajstić information content (AvgIpc) is 3.15. The predicted octanol–water partition coefficient (Wildman–Crippen LogP) is 2.45. The van der Waals surface area contributed by atoms with Crippen LogP contribution in [0.3, 0.4) is 0 Å². The van der Waals surface area contributed by atoms with Gasteiger partial charge in [-0.3, -0.25) is 4.79 Å². The minimum atomic E-state index is -3.37. The standard InChI is InChI=1S/C19H24N2O4S/c1-15-5-2-3-6-17(15)14-26(23,24)21-10-8-16(9-11-21)19(22)20-13-18-7-4-12-25-18/h2-7,12,16H,8-11,13-14H2,1H3,(H,20,22). The van der Waals surface area contributed by atoms with Crippen LogP contribution in [-0.4, -0.2) is 31.7 Å². The summed E-state index contributed by atoms with van der Waals surface area (Å²) >= 11 is 0. The van der Waals surface area contributed by atoms with Crippen molar-refractivity contribution < 1.29 is 17.6 Å². The van der Waals surface area contributed by atoms with Gasteiger partial charge in [0.2, 0.25) is 15.9 Å². The number of benzene rings is 1. The molecule has 1 aromatic heterocycles. The third-order valence-corrected chi connectivity index (χ3v) is 6.66. The van der Waals surface area contributed by atoms with E-state index in [0.29, 0.717) is 38.2 Å². The van der Waals surface area contributed by atoms with Gasteiger partial charge in [-0.1, -0.05) is 24.3 Å². The lowest BCUT2D eigenvalue weighted by atomic mass is 9.97. The number of furan rings is 1. The van der Waals surface area contributed by atoms with Gasteiger partial charge >= 0.3 is 0 Å². The molecule has 0 atom stereocenters. The molecule has 0 radical (unpaired) electrons. The molecule has 1 fully saturated rings. The Morgan fingerprint density at radius 2 is 1.92 bits per heavy atom. The van der Waals surface area contributed by atoms with Crippen molar-refractivity contribution in [3.8, 4) is 0 Å². The summed E-state index contributed by atoms with van der Waals surface area (Å²) in [5.41, 5.74) is 1.80. The van der Waals surface area contributed by atoms with Crippen molar-refractivity contribution in [1.29, 1.82) is 0 Å². The summed E-state index contributed by atoms with van der Waals surface area (Å²) in [5, 5.41) is 2.85. The van der Waals surface area contributed by atoms with Crippen LogP contribution in [0, 0.1) is 12.8 Å². The third-order valence-electron chi connectivity index (χ3n) is 4.83. The number of amides is 1. The highest BCUT2D eigenvalue weighted by molar-refractivity contribution is 7.88. The van der Waals surface area contributed by atoms with Crippen LogP contribution in [0.25, 0.3) is 0 Å². The SMILES string of the molecule is Cc1ccccc1CS(=O)(=O)N1CCC(C(=O)NCc2ccco2)CC1. The summed E-state index contributed by atoms with van der Waals surface area (Å²) in [6.07, 6.45) is 2.65. The zero-order valence-electron chi connectivity index (χ0n) is 14.8. The van der Waals surface area contributed by atoms with Crippen molar-refractivity contribution in [3.05, 3.63) is 59.5 Å². The van der Waals surface area contributed by atoms with E-state index in [9.17, 15) is 13.2 Å². The highest BCUT2D eigenvalue weighted by Crippen LogP contribution is 2.22. The Morgan fingerprint density at radius 3 is 2.58 bits per heavy atom. The largest absolute Gasteiger partial charge is 0.467 e. The number of aryl methyl sites for hydroxylation is 1. The molecular weight excluding hydrogens is 352 g/mol. The van der Waals surface area contributed by atoms with Gasteiger partial charge in [-0.2, -0.15) is 0 Å². The smallest absolute Gasteiger partial charge is 0.223 e. The van der Waals surface area contributed by atoms with Crippen molar-refractivity contribution in [3.63, 3.8) is 0 Å². The predicted molar refractivity (Wildman–Crippen MR) is 98.7 cm³/mol. The van der Waals surface area contributed by atoms with E-state index < -0.39 is 10.0 Å². The van der Waals surface area contributed by atoms with E-state index in [1.807, 2.05) is 31.2 Å². The van der Waals surface area contributed by atoms with Crippen molar-refractivity contribution in [2.75, 3.05) is 13.1 Å². The molecule has 1 aliphatic heterocycles. The first-order chi connectivity index (χ1) is 12.5. The molecule has 1 aromatic carbocycles. The second kappa shape index (κ2) is 8.05. The van der Waals surface area contributed by atoms with Gasteiger partial charge in [0.25, 0.3) is 0 Å². The maximum Gasteiger partial charge on any atom is 0.223 e. The second-order valence-electron chi connectivity index (χ2n) is 6.65. The van der Waals surface area contributed by atoms with Crippen LogP contribution in [0.4, 0.5) is 0 Å². The molecule has 2 aromatic rings. The van der Waals surface area contributed by atoms with Crippen molar-refractivity contribution >= 4 is 15.9 Å². The molecule has 0 spiro atoms. The molecule has 1 aliphatic rings. The number of nitrogens with zero attached hydrogens (tertiary/aromatic N) is 1. The van der Waals surface area contributed by atoms with Crippen LogP contribution in [0.2, 0.25) is 0 Å². The molecule has 0 saturated carbocycles. The monoisotopic (exact) mass is 376 g/mol. The molecule has 0 bridgehead atoms. The van der Waals surface area contributed by atoms with Gasteiger partial charge in [-0.25, -0.2) is 12.7 Å². The molecule has 26 heavy (non-hydrogen) atoms. The molecule has 6 nitrogen and oxygen atoms in total. The normalized spacial score (nSPS) is 16.5. The van der Waals surface area contributed by atoms with Gasteiger partial charge in [0.15, 0.2) is 0 Å². The summed E-state index contributed by atoms with van der Waals surface area (Å²) in [6, 6.07) is 11.1. The first-order valence-electron chi connectivity index (χ1n) is 8.78. The third kappa shape index (κ3) is 4.53. The van der Waals surface area contributed by atoms with Crippen LogP contribution in [0.15, 0.2) is 47.1 Å². The maximum absolute atomic E-state index is 12.7. The molecule has 0 aliphatic carbocycles. The highest BCUT2D eigenvalue weighted by Gasteiger charge is 2.31. The van der Waals surface area contributed by atoms with Crippen LogP contribution >= 0.6 is 0 Å². The zero-order valence-corrected chi connectivity index (χ0v) is 15.7.